The second-order valence-corrected chi connectivity index (χ2v) is 7.79. The molecule has 0 spiro atoms. The van der Waals surface area contributed by atoms with Crippen molar-refractivity contribution < 1.29 is 10.2 Å². The third-order valence-electron chi connectivity index (χ3n) is 4.71. The summed E-state index contributed by atoms with van der Waals surface area (Å²) >= 11 is 0. The summed E-state index contributed by atoms with van der Waals surface area (Å²) in [7, 11) is 0. The van der Waals surface area contributed by atoms with E-state index in [0.29, 0.717) is 23.6 Å². The molecule has 6 N–H and O–H groups in total. The van der Waals surface area contributed by atoms with Gasteiger partial charge in [-0.2, -0.15) is 0 Å². The maximum absolute atomic E-state index is 8.08. The lowest BCUT2D eigenvalue weighted by Crippen LogP contribution is -2.15. The number of pyridine rings is 1. The maximum atomic E-state index is 8.08. The second kappa shape index (κ2) is 8.59. The smallest absolute Gasteiger partial charge is 0.156 e. The molecule has 1 aliphatic rings. The first-order valence-corrected chi connectivity index (χ1v) is 9.63. The van der Waals surface area contributed by atoms with Crippen LogP contribution in [0, 0.1) is 5.92 Å². The summed E-state index contributed by atoms with van der Waals surface area (Å²) < 4.78 is 2.24. The Balaban J connectivity index is 0.000000431. The topological polar surface area (TPSA) is 136 Å². The molecule has 4 rings (SSSR count). The fraction of sp³-hybridized carbons (Fsp3) is 0.381. The van der Waals surface area contributed by atoms with E-state index < -0.39 is 5.79 Å². The summed E-state index contributed by atoms with van der Waals surface area (Å²) in [6, 6.07) is 8.15. The summed E-state index contributed by atoms with van der Waals surface area (Å²) in [6.45, 7) is 2.60. The monoisotopic (exact) mass is 396 g/mol. The predicted molar refractivity (Wildman–Crippen MR) is 115 cm³/mol. The van der Waals surface area contributed by atoms with Crippen molar-refractivity contribution in [1.29, 1.82) is 0 Å². The minimum Gasteiger partial charge on any atom is -0.384 e. The van der Waals surface area contributed by atoms with Crippen molar-refractivity contribution in [2.24, 2.45) is 5.92 Å². The van der Waals surface area contributed by atoms with E-state index in [-0.39, 0.29) is 0 Å². The highest BCUT2D eigenvalue weighted by atomic mass is 16.5. The molecule has 8 heteroatoms. The van der Waals surface area contributed by atoms with Crippen LogP contribution in [0.15, 0.2) is 42.9 Å². The van der Waals surface area contributed by atoms with Crippen molar-refractivity contribution >= 4 is 28.7 Å². The molecule has 2 atom stereocenters. The first kappa shape index (κ1) is 20.8. The van der Waals surface area contributed by atoms with Gasteiger partial charge in [0.15, 0.2) is 5.79 Å². The average molecular weight is 396 g/mol. The van der Waals surface area contributed by atoms with Crippen LogP contribution in [0.4, 0.5) is 11.6 Å². The zero-order valence-corrected chi connectivity index (χ0v) is 16.7. The Morgan fingerprint density at radius 1 is 1.14 bits per heavy atom. The predicted octanol–water partition coefficient (Wildman–Crippen LogP) is 2.75. The van der Waals surface area contributed by atoms with Gasteiger partial charge in [-0.25, -0.2) is 15.0 Å². The van der Waals surface area contributed by atoms with Crippen molar-refractivity contribution in [3.63, 3.8) is 0 Å². The van der Waals surface area contributed by atoms with Crippen LogP contribution in [-0.4, -0.2) is 35.5 Å². The van der Waals surface area contributed by atoms with E-state index in [4.69, 9.17) is 21.7 Å². The molecule has 1 fully saturated rings. The van der Waals surface area contributed by atoms with E-state index in [1.807, 2.05) is 18.2 Å². The maximum Gasteiger partial charge on any atom is 0.156 e. The van der Waals surface area contributed by atoms with E-state index in [9.17, 15) is 0 Å². The molecule has 3 heterocycles. The van der Waals surface area contributed by atoms with Gasteiger partial charge in [0.25, 0.3) is 0 Å². The van der Waals surface area contributed by atoms with E-state index in [1.165, 1.54) is 20.2 Å². The highest BCUT2D eigenvalue weighted by molar-refractivity contribution is 5.86. The molecule has 0 aromatic carbocycles. The van der Waals surface area contributed by atoms with Crippen LogP contribution in [0.3, 0.4) is 0 Å². The Morgan fingerprint density at radius 2 is 1.90 bits per heavy atom. The minimum atomic E-state index is -1.50. The Morgan fingerprint density at radius 3 is 2.62 bits per heavy atom. The minimum absolute atomic E-state index is 0.445. The lowest BCUT2D eigenvalue weighted by molar-refractivity contribution is -0.127. The van der Waals surface area contributed by atoms with Crippen LogP contribution in [0.2, 0.25) is 0 Å². The lowest BCUT2D eigenvalue weighted by Gasteiger charge is -2.13. The summed E-state index contributed by atoms with van der Waals surface area (Å²) in [5, 5.41) is 17.1. The van der Waals surface area contributed by atoms with Gasteiger partial charge in [0.05, 0.1) is 11.1 Å². The normalized spacial score (nSPS) is 19.4. The zero-order chi connectivity index (χ0) is 21.0. The zero-order valence-electron chi connectivity index (χ0n) is 16.7. The van der Waals surface area contributed by atoms with Crippen LogP contribution in [0.1, 0.15) is 44.8 Å². The number of anilines is 2. The number of aliphatic hydroxyl groups is 2. The van der Waals surface area contributed by atoms with Crippen LogP contribution in [0.25, 0.3) is 17.1 Å². The molecule has 29 heavy (non-hydrogen) atoms. The Hall–Kier alpha value is -2.97. The molecule has 0 saturated heterocycles. The van der Waals surface area contributed by atoms with Gasteiger partial charge in [-0.1, -0.05) is 12.1 Å². The summed E-state index contributed by atoms with van der Waals surface area (Å²) in [5.41, 5.74) is 13.5. The molecule has 2 unspecified atom stereocenters. The van der Waals surface area contributed by atoms with Crippen molar-refractivity contribution in [2.45, 2.75) is 44.9 Å². The van der Waals surface area contributed by atoms with Gasteiger partial charge in [0.1, 0.15) is 23.6 Å². The van der Waals surface area contributed by atoms with Gasteiger partial charge in [-0.05, 0) is 63.3 Å². The first-order chi connectivity index (χ1) is 13.7. The van der Waals surface area contributed by atoms with E-state index in [0.717, 1.165) is 36.0 Å². The molecule has 1 aliphatic carbocycles. The van der Waals surface area contributed by atoms with Crippen LogP contribution >= 0.6 is 0 Å². The molecule has 0 bridgehead atoms. The fourth-order valence-corrected chi connectivity index (χ4v) is 3.50. The fourth-order valence-electron chi connectivity index (χ4n) is 3.50. The molecule has 3 aromatic heterocycles. The standard InChI is InChI=1S/C18H20N6.C3H8O2/c19-16-3-1-2-13(23-16)6-4-12-5-7-14(10-12)24-9-8-15-17(20)21-11-22-18(15)24;1-3(2,4)5/h1-4,6,8-9,11-12,14H,5,7,10H2,(H2,19,23)(H2,20,21,22);4-5H,1-2H3/b6-4+;. The molecule has 8 nitrogen and oxygen atoms in total. The number of hydrogen-bond donors (Lipinski definition) is 4. The molecule has 3 aromatic rings. The van der Waals surface area contributed by atoms with Gasteiger partial charge in [0, 0.05) is 12.2 Å². The van der Waals surface area contributed by atoms with Crippen LogP contribution in [0.5, 0.6) is 0 Å². The Labute approximate surface area is 169 Å². The molecular weight excluding hydrogens is 368 g/mol. The Bertz CT molecular complexity index is 986. The molecule has 0 amide bonds. The number of nitrogen functional groups attached to an aromatic ring is 2. The molecule has 1 saturated carbocycles. The van der Waals surface area contributed by atoms with Gasteiger partial charge >= 0.3 is 0 Å². The Kier molecular flexibility index (Phi) is 6.14. The quantitative estimate of drug-likeness (QED) is 0.500. The van der Waals surface area contributed by atoms with E-state index in [2.05, 4.69) is 37.9 Å². The summed E-state index contributed by atoms with van der Waals surface area (Å²) in [6.07, 6.45) is 11.3. The third-order valence-corrected chi connectivity index (χ3v) is 4.71. The van der Waals surface area contributed by atoms with Gasteiger partial charge in [-0.3, -0.25) is 0 Å². The largest absolute Gasteiger partial charge is 0.384 e. The number of nitrogens with two attached hydrogens (primary N) is 2. The molecule has 154 valence electrons. The summed E-state index contributed by atoms with van der Waals surface area (Å²) in [5.74, 6) is 0.133. The lowest BCUT2D eigenvalue weighted by atomic mass is 10.1. The number of aromatic nitrogens is 4. The van der Waals surface area contributed by atoms with Gasteiger partial charge in [0.2, 0.25) is 0 Å². The highest BCUT2D eigenvalue weighted by Gasteiger charge is 2.25. The van der Waals surface area contributed by atoms with E-state index in [1.54, 1.807) is 6.07 Å². The average Bonchev–Trinajstić information content (AvgIpc) is 3.26. The van der Waals surface area contributed by atoms with Gasteiger partial charge in [-0.15, -0.1) is 0 Å². The van der Waals surface area contributed by atoms with E-state index >= 15 is 0 Å². The van der Waals surface area contributed by atoms with Crippen molar-refractivity contribution in [3.8, 4) is 0 Å². The first-order valence-electron chi connectivity index (χ1n) is 9.63. The number of allylic oxidation sites excluding steroid dienone is 1. The molecular formula is C21H28N6O2. The molecule has 0 radical (unpaired) electrons. The molecule has 0 aliphatic heterocycles. The SMILES string of the molecule is CC(C)(O)O.Nc1cccc(/C=C/C2CCC(n3ccc4c(N)ncnc43)C2)n1. The second-order valence-electron chi connectivity index (χ2n) is 7.79. The van der Waals surface area contributed by atoms with Crippen molar-refractivity contribution in [2.75, 3.05) is 11.5 Å². The van der Waals surface area contributed by atoms with Gasteiger partial charge < -0.3 is 26.2 Å². The van der Waals surface area contributed by atoms with Crippen molar-refractivity contribution in [3.05, 3.63) is 48.6 Å². The van der Waals surface area contributed by atoms with Crippen LogP contribution < -0.4 is 11.5 Å². The number of fused-ring (bicyclic) bond motifs is 1. The van der Waals surface area contributed by atoms with Crippen molar-refractivity contribution in [1.82, 2.24) is 19.5 Å². The van der Waals surface area contributed by atoms with Crippen LogP contribution in [-0.2, 0) is 0 Å². The third kappa shape index (κ3) is 5.75. The number of nitrogens with zero attached hydrogens (tertiary/aromatic N) is 4. The highest BCUT2D eigenvalue weighted by Crippen LogP contribution is 2.37. The summed E-state index contributed by atoms with van der Waals surface area (Å²) in [4.78, 5) is 12.8. The number of rotatable bonds is 3. The number of hydrogen-bond acceptors (Lipinski definition) is 7.